The molecule has 0 saturated heterocycles. The highest BCUT2D eigenvalue weighted by Crippen LogP contribution is 2.01. The average Bonchev–Trinajstić information content (AvgIpc) is 2.37. The second-order valence-corrected chi connectivity index (χ2v) is 2.60. The molecular weight excluding hydrogens is 204 g/mol. The number of hydrogen-bond acceptors (Lipinski definition) is 0. The van der Waals surface area contributed by atoms with Gasteiger partial charge in [-0.1, -0.05) is 78.3 Å². The molecule has 0 aliphatic carbocycles. The minimum Gasteiger partial charge on any atom is -0.103 e. The van der Waals surface area contributed by atoms with Gasteiger partial charge in [-0.05, 0) is 27.2 Å². The van der Waals surface area contributed by atoms with Crippen molar-refractivity contribution < 1.29 is 0 Å². The number of allylic oxidation sites excluding steroid dienone is 4. The molecule has 0 amide bonds. The van der Waals surface area contributed by atoms with Gasteiger partial charge in [0.1, 0.15) is 0 Å². The van der Waals surface area contributed by atoms with Crippen LogP contribution in [0.15, 0.2) is 36.5 Å². The van der Waals surface area contributed by atoms with Crippen molar-refractivity contribution in [3.05, 3.63) is 36.5 Å². The number of rotatable bonds is 2. The summed E-state index contributed by atoms with van der Waals surface area (Å²) in [6.07, 6.45) is 4.99. The minimum atomic E-state index is 1.13. The van der Waals surface area contributed by atoms with Crippen molar-refractivity contribution in [1.29, 1.82) is 0 Å². The molecule has 0 aromatic carbocycles. The van der Waals surface area contributed by atoms with Crippen LogP contribution in [0.5, 0.6) is 0 Å². The molecular formula is C17H38. The Hall–Kier alpha value is -0.780. The summed E-state index contributed by atoms with van der Waals surface area (Å²) in [5.74, 6) is 0. The fraction of sp³-hybridized carbons (Fsp3) is 0.647. The Bertz CT molecular complexity index is 138. The quantitative estimate of drug-likeness (QED) is 0.355. The molecule has 17 heavy (non-hydrogen) atoms. The Balaban J connectivity index is -0.0000000448. The third kappa shape index (κ3) is 97.6. The van der Waals surface area contributed by atoms with Crippen LogP contribution in [0.25, 0.3) is 0 Å². The van der Waals surface area contributed by atoms with Crippen LogP contribution in [0.1, 0.15) is 75.7 Å². The molecule has 0 N–H and O–H groups in total. The summed E-state index contributed by atoms with van der Waals surface area (Å²) in [7, 11) is 0. The summed E-state index contributed by atoms with van der Waals surface area (Å²) in [5.41, 5.74) is 2.54. The van der Waals surface area contributed by atoms with Crippen molar-refractivity contribution in [3.63, 3.8) is 0 Å². The molecule has 0 radical (unpaired) electrons. The first kappa shape index (κ1) is 29.8. The van der Waals surface area contributed by atoms with Gasteiger partial charge in [0.15, 0.2) is 0 Å². The van der Waals surface area contributed by atoms with Crippen molar-refractivity contribution in [3.8, 4) is 0 Å². The van der Waals surface area contributed by atoms with E-state index in [0.29, 0.717) is 0 Å². The zero-order valence-corrected chi connectivity index (χ0v) is 14.3. The molecule has 0 heteroatoms. The smallest absolute Gasteiger partial charge is 0.0348 e. The molecule has 0 aromatic heterocycles. The zero-order valence-electron chi connectivity index (χ0n) is 14.3. The lowest BCUT2D eigenvalue weighted by molar-refractivity contribution is 1.09. The fourth-order valence-electron chi connectivity index (χ4n) is 0.523. The Morgan fingerprint density at radius 2 is 1.18 bits per heavy atom. The van der Waals surface area contributed by atoms with E-state index in [1.165, 1.54) is 5.57 Å². The highest BCUT2D eigenvalue weighted by Gasteiger charge is 1.80. The summed E-state index contributed by atoms with van der Waals surface area (Å²) in [6.45, 7) is 27.3. The van der Waals surface area contributed by atoms with Gasteiger partial charge in [0.2, 0.25) is 0 Å². The van der Waals surface area contributed by atoms with Crippen molar-refractivity contribution in [1.82, 2.24) is 0 Å². The van der Waals surface area contributed by atoms with Crippen LogP contribution < -0.4 is 0 Å². The van der Waals surface area contributed by atoms with Gasteiger partial charge in [-0.25, -0.2) is 0 Å². The van der Waals surface area contributed by atoms with Crippen LogP contribution >= 0.6 is 0 Å². The van der Waals surface area contributed by atoms with Gasteiger partial charge in [0.05, 0.1) is 0 Å². The first-order valence-electron chi connectivity index (χ1n) is 6.98. The van der Waals surface area contributed by atoms with Crippen molar-refractivity contribution in [2.24, 2.45) is 0 Å². The molecule has 0 bridgehead atoms. The van der Waals surface area contributed by atoms with E-state index in [0.717, 1.165) is 12.0 Å². The maximum absolute atomic E-state index is 3.77. The van der Waals surface area contributed by atoms with Gasteiger partial charge >= 0.3 is 0 Å². The standard InChI is InChI=1S/C8H14.C3H6.3C2H6/c1-5-8(4)6-7(2)3;1-3-2;3*1-2/h6H,2,5H2,1,3-4H3;3H,1H2,2H3;3*1-2H3/b8-6-;;;;. The molecule has 0 unspecified atom stereocenters. The largest absolute Gasteiger partial charge is 0.103 e. The van der Waals surface area contributed by atoms with E-state index in [2.05, 4.69) is 33.1 Å². The maximum Gasteiger partial charge on any atom is -0.0348 e. The van der Waals surface area contributed by atoms with Crippen molar-refractivity contribution in [2.45, 2.75) is 75.7 Å². The molecule has 0 nitrogen and oxygen atoms in total. The lowest BCUT2D eigenvalue weighted by Gasteiger charge is -1.91. The third-order valence-corrected chi connectivity index (χ3v) is 1.05. The van der Waals surface area contributed by atoms with Crippen LogP contribution in [-0.2, 0) is 0 Å². The zero-order chi connectivity index (χ0) is 15.3. The molecule has 0 atom stereocenters. The van der Waals surface area contributed by atoms with Crippen LogP contribution in [0.2, 0.25) is 0 Å². The molecule has 0 aliphatic rings. The SMILES string of the molecule is C=C(C)/C=C(/C)CC.C=CC.CC.CC.CC. The van der Waals surface area contributed by atoms with E-state index < -0.39 is 0 Å². The molecule has 0 fully saturated rings. The van der Waals surface area contributed by atoms with Crippen LogP contribution in [0.3, 0.4) is 0 Å². The van der Waals surface area contributed by atoms with Gasteiger partial charge in [0, 0.05) is 0 Å². The fourth-order valence-corrected chi connectivity index (χ4v) is 0.523. The van der Waals surface area contributed by atoms with Crippen LogP contribution in [0, 0.1) is 0 Å². The second kappa shape index (κ2) is 45.5. The Morgan fingerprint density at radius 3 is 1.24 bits per heavy atom. The molecule has 0 spiro atoms. The van der Waals surface area contributed by atoms with Gasteiger partial charge < -0.3 is 0 Å². The Labute approximate surface area is 113 Å². The molecule has 0 aromatic rings. The van der Waals surface area contributed by atoms with E-state index in [4.69, 9.17) is 0 Å². The van der Waals surface area contributed by atoms with Crippen molar-refractivity contribution >= 4 is 0 Å². The predicted molar refractivity (Wildman–Crippen MR) is 88.8 cm³/mol. The molecule has 0 saturated carbocycles. The van der Waals surface area contributed by atoms with Crippen molar-refractivity contribution in [2.75, 3.05) is 0 Å². The molecule has 0 rings (SSSR count). The van der Waals surface area contributed by atoms with E-state index in [1.54, 1.807) is 6.08 Å². The van der Waals surface area contributed by atoms with Gasteiger partial charge in [-0.15, -0.1) is 6.58 Å². The maximum atomic E-state index is 3.77. The van der Waals surface area contributed by atoms with E-state index in [9.17, 15) is 0 Å². The summed E-state index contributed by atoms with van der Waals surface area (Å²) in [5, 5.41) is 0. The second-order valence-electron chi connectivity index (χ2n) is 2.60. The molecule has 0 heterocycles. The van der Waals surface area contributed by atoms with E-state index >= 15 is 0 Å². The molecule has 106 valence electrons. The highest BCUT2D eigenvalue weighted by molar-refractivity contribution is 5.16. The third-order valence-electron chi connectivity index (χ3n) is 1.05. The normalized spacial score (nSPS) is 7.29. The molecule has 0 aliphatic heterocycles. The van der Waals surface area contributed by atoms with Gasteiger partial charge in [-0.2, -0.15) is 0 Å². The first-order valence-corrected chi connectivity index (χ1v) is 6.98. The Morgan fingerprint density at radius 1 is 0.941 bits per heavy atom. The lowest BCUT2D eigenvalue weighted by atomic mass is 10.2. The van der Waals surface area contributed by atoms with Gasteiger partial charge in [0.25, 0.3) is 0 Å². The van der Waals surface area contributed by atoms with E-state index in [1.807, 2.05) is 55.4 Å². The highest BCUT2D eigenvalue weighted by atomic mass is 13.9. The Kier molecular flexibility index (Phi) is 80.0. The summed E-state index contributed by atoms with van der Waals surface area (Å²) in [4.78, 5) is 0. The average molecular weight is 242 g/mol. The van der Waals surface area contributed by atoms with Gasteiger partial charge in [-0.3, -0.25) is 0 Å². The number of hydrogen-bond donors (Lipinski definition) is 0. The van der Waals surface area contributed by atoms with Crippen LogP contribution in [0.4, 0.5) is 0 Å². The monoisotopic (exact) mass is 242 g/mol. The summed E-state index contributed by atoms with van der Waals surface area (Å²) in [6, 6.07) is 0. The summed E-state index contributed by atoms with van der Waals surface area (Å²) >= 11 is 0. The minimum absolute atomic E-state index is 1.13. The predicted octanol–water partition coefficient (Wildman–Crippen LogP) is 7.19. The lowest BCUT2D eigenvalue weighted by Crippen LogP contribution is -1.70. The van der Waals surface area contributed by atoms with E-state index in [-0.39, 0.29) is 0 Å². The first-order chi connectivity index (χ1) is 8.08. The summed E-state index contributed by atoms with van der Waals surface area (Å²) < 4.78 is 0. The topological polar surface area (TPSA) is 0 Å². The van der Waals surface area contributed by atoms with Crippen LogP contribution in [-0.4, -0.2) is 0 Å².